The zero-order valence-electron chi connectivity index (χ0n) is 24.5. The number of ketones is 2. The van der Waals surface area contributed by atoms with Crippen molar-refractivity contribution in [2.24, 2.45) is 17.6 Å². The van der Waals surface area contributed by atoms with Gasteiger partial charge in [0.25, 0.3) is 5.91 Å². The molecule has 1 amide bonds. The second kappa shape index (κ2) is 11.2. The Bertz CT molecular complexity index is 1680. The Morgan fingerprint density at radius 2 is 1.82 bits per heavy atom. The molecule has 0 aromatic heterocycles. The maximum atomic E-state index is 14.0. The van der Waals surface area contributed by atoms with Crippen LogP contribution in [0.5, 0.6) is 11.5 Å². The zero-order valence-corrected chi connectivity index (χ0v) is 24.5. The number of nitrogens with two attached hydrogens (primary N) is 1. The summed E-state index contributed by atoms with van der Waals surface area (Å²) in [5, 5.41) is 47.5. The van der Waals surface area contributed by atoms with Gasteiger partial charge in [-0.1, -0.05) is 12.1 Å². The van der Waals surface area contributed by atoms with Crippen molar-refractivity contribution < 1.29 is 52.7 Å². The highest BCUT2D eigenvalue weighted by Gasteiger charge is 2.64. The molecule has 1 unspecified atom stereocenters. The number of primary amides is 1. The monoisotopic (exact) mass is 631 g/mol. The van der Waals surface area contributed by atoms with Crippen LogP contribution in [0.1, 0.15) is 23.1 Å². The topological polar surface area (TPSA) is 183 Å². The quantitative estimate of drug-likeness (QED) is 0.248. The molecule has 0 saturated heterocycles. The summed E-state index contributed by atoms with van der Waals surface area (Å²) < 4.78 is 43.7. The smallest absolute Gasteiger partial charge is 0.401 e. The minimum atomic E-state index is -4.40. The number of methoxy groups -OCH3 is 1. The summed E-state index contributed by atoms with van der Waals surface area (Å²) in [6.07, 6.45) is -4.48. The minimum Gasteiger partial charge on any atom is -0.508 e. The van der Waals surface area contributed by atoms with Crippen LogP contribution in [-0.2, 0) is 27.3 Å². The van der Waals surface area contributed by atoms with Crippen molar-refractivity contribution in [2.75, 3.05) is 27.7 Å². The van der Waals surface area contributed by atoms with Gasteiger partial charge >= 0.3 is 6.18 Å². The molecular formula is C31H32F3N3O8. The number of phenolic OH excluding ortho intramolecular Hbond substituents is 1. The van der Waals surface area contributed by atoms with E-state index >= 15 is 0 Å². The van der Waals surface area contributed by atoms with Crippen molar-refractivity contribution in [1.82, 2.24) is 10.2 Å². The van der Waals surface area contributed by atoms with E-state index in [1.807, 2.05) is 0 Å². The average molecular weight is 632 g/mol. The van der Waals surface area contributed by atoms with Crippen LogP contribution < -0.4 is 15.8 Å². The maximum Gasteiger partial charge on any atom is 0.401 e. The van der Waals surface area contributed by atoms with E-state index in [1.54, 1.807) is 24.3 Å². The van der Waals surface area contributed by atoms with E-state index in [1.165, 1.54) is 32.2 Å². The van der Waals surface area contributed by atoms with Crippen LogP contribution in [0.3, 0.4) is 0 Å². The van der Waals surface area contributed by atoms with Gasteiger partial charge in [0.1, 0.15) is 28.6 Å². The maximum absolute atomic E-state index is 14.0. The van der Waals surface area contributed by atoms with E-state index in [0.717, 1.165) is 0 Å². The van der Waals surface area contributed by atoms with Gasteiger partial charge in [-0.25, -0.2) is 0 Å². The van der Waals surface area contributed by atoms with Crippen molar-refractivity contribution in [1.29, 1.82) is 0 Å². The number of aliphatic hydroxyl groups is 3. The molecule has 4 atom stereocenters. The van der Waals surface area contributed by atoms with Gasteiger partial charge in [-0.2, -0.15) is 13.2 Å². The molecule has 11 nitrogen and oxygen atoms in total. The van der Waals surface area contributed by atoms with Gasteiger partial charge in [-0.15, -0.1) is 0 Å². The molecule has 0 spiro atoms. The van der Waals surface area contributed by atoms with Crippen LogP contribution in [-0.4, -0.2) is 88.4 Å². The highest BCUT2D eigenvalue weighted by Crippen LogP contribution is 2.54. The second-order valence-electron chi connectivity index (χ2n) is 11.7. The molecule has 0 bridgehead atoms. The van der Waals surface area contributed by atoms with Gasteiger partial charge in [-0.05, 0) is 67.7 Å². The predicted molar refractivity (Wildman–Crippen MR) is 154 cm³/mol. The SMILES string of the molecule is COc1ccc(CNCC(F)(F)F)cc1-c1ccc(O)c2c1C[C@H]1C[C@H]3C(N(C)C)C(=O)C(C(N)=O)=C(O)[C@]3(O)C(=O)C1=C2O. The fourth-order valence-electron chi connectivity index (χ4n) is 6.92. The van der Waals surface area contributed by atoms with Gasteiger partial charge in [0.05, 0.1) is 25.3 Å². The Morgan fingerprint density at radius 3 is 2.42 bits per heavy atom. The number of amides is 1. The predicted octanol–water partition coefficient (Wildman–Crippen LogP) is 2.29. The zero-order chi connectivity index (χ0) is 33.2. The first-order valence-electron chi connectivity index (χ1n) is 14.0. The highest BCUT2D eigenvalue weighted by atomic mass is 19.4. The lowest BCUT2D eigenvalue weighted by molar-refractivity contribution is -0.153. The average Bonchev–Trinajstić information content (AvgIpc) is 2.94. The number of Topliss-reactive ketones (excluding diaryl/α,β-unsaturated/α-hetero) is 2. The molecule has 1 saturated carbocycles. The molecule has 0 aliphatic heterocycles. The van der Waals surface area contributed by atoms with Gasteiger partial charge in [0.2, 0.25) is 5.78 Å². The van der Waals surface area contributed by atoms with E-state index in [0.29, 0.717) is 28.0 Å². The third-order valence-electron chi connectivity index (χ3n) is 8.81. The van der Waals surface area contributed by atoms with Crippen LogP contribution in [0.2, 0.25) is 0 Å². The summed E-state index contributed by atoms with van der Waals surface area (Å²) >= 11 is 0. The molecule has 14 heteroatoms. The molecule has 0 radical (unpaired) electrons. The number of fused-ring (bicyclic) bond motifs is 3. The number of carbonyl (C=O) groups is 3. The first kappa shape index (κ1) is 32.0. The number of phenols is 1. The van der Waals surface area contributed by atoms with Gasteiger partial charge in [-0.3, -0.25) is 19.3 Å². The Hall–Kier alpha value is -4.40. The number of aromatic hydroxyl groups is 1. The largest absolute Gasteiger partial charge is 0.508 e. The number of nitrogens with one attached hydrogen (secondary N) is 1. The number of carbonyl (C=O) groups excluding carboxylic acids is 3. The first-order chi connectivity index (χ1) is 21.0. The molecule has 3 aliphatic carbocycles. The summed E-state index contributed by atoms with van der Waals surface area (Å²) in [7, 11) is 4.42. The number of likely N-dealkylation sites (N-methyl/N-ethyl adjacent to an activating group) is 1. The summed E-state index contributed by atoms with van der Waals surface area (Å²) in [4.78, 5) is 40.9. The minimum absolute atomic E-state index is 0.0258. The normalized spacial score (nSPS) is 24.8. The van der Waals surface area contributed by atoms with Crippen LogP contribution in [0.15, 0.2) is 47.2 Å². The number of hydrogen-bond acceptors (Lipinski definition) is 10. The van der Waals surface area contributed by atoms with Gasteiger partial charge < -0.3 is 36.2 Å². The third kappa shape index (κ3) is 5.12. The summed E-state index contributed by atoms with van der Waals surface area (Å²) in [5.74, 6) is -7.27. The lowest BCUT2D eigenvalue weighted by Crippen LogP contribution is -2.65. The molecule has 5 rings (SSSR count). The lowest BCUT2D eigenvalue weighted by atomic mass is 9.57. The molecular weight excluding hydrogens is 599 g/mol. The van der Waals surface area contributed by atoms with Crippen molar-refractivity contribution in [3.8, 4) is 22.6 Å². The van der Waals surface area contributed by atoms with Crippen LogP contribution in [0.4, 0.5) is 13.2 Å². The second-order valence-corrected chi connectivity index (χ2v) is 11.7. The van der Waals surface area contributed by atoms with Crippen LogP contribution >= 0.6 is 0 Å². The standard InChI is InChI=1S/C31H32F3N3O8/c1-37(2)24-18-10-14-9-17-15(16-8-13(4-7-20(16)45-3)11-36-12-30(32,33)34)5-6-19(38)22(17)25(39)21(14)27(41)31(18,44)28(42)23(26(24)40)29(35)43/h4-8,14,18,24,36,38-39,42,44H,9-12H2,1-3H3,(H2,35,43)/t14-,18-,24?,31+/m0/s1. The molecule has 45 heavy (non-hydrogen) atoms. The molecule has 0 heterocycles. The highest BCUT2D eigenvalue weighted by molar-refractivity contribution is 6.24. The molecule has 7 N–H and O–H groups in total. The van der Waals surface area contributed by atoms with Crippen molar-refractivity contribution in [3.63, 3.8) is 0 Å². The molecule has 3 aliphatic rings. The number of hydrogen-bond donors (Lipinski definition) is 6. The number of nitrogens with zero attached hydrogens (tertiary/aromatic N) is 1. The molecule has 2 aromatic rings. The fourth-order valence-corrected chi connectivity index (χ4v) is 6.92. The molecule has 2 aromatic carbocycles. The number of aliphatic hydroxyl groups excluding tert-OH is 2. The van der Waals surface area contributed by atoms with E-state index in [2.05, 4.69) is 5.32 Å². The van der Waals surface area contributed by atoms with E-state index in [-0.39, 0.29) is 30.5 Å². The Morgan fingerprint density at radius 1 is 1.13 bits per heavy atom. The van der Waals surface area contributed by atoms with Crippen molar-refractivity contribution >= 4 is 23.2 Å². The Labute approximate surface area is 255 Å². The Kier molecular flexibility index (Phi) is 7.96. The fraction of sp³-hybridized carbons (Fsp3) is 0.387. The third-order valence-corrected chi connectivity index (χ3v) is 8.81. The van der Waals surface area contributed by atoms with E-state index in [9.17, 15) is 48.0 Å². The Balaban J connectivity index is 1.66. The van der Waals surface area contributed by atoms with Crippen LogP contribution in [0.25, 0.3) is 16.9 Å². The van der Waals surface area contributed by atoms with Gasteiger partial charge in [0.15, 0.2) is 11.4 Å². The van der Waals surface area contributed by atoms with Crippen LogP contribution in [0, 0.1) is 11.8 Å². The molecule has 240 valence electrons. The van der Waals surface area contributed by atoms with E-state index in [4.69, 9.17) is 10.5 Å². The summed E-state index contributed by atoms with van der Waals surface area (Å²) in [6, 6.07) is 6.38. The number of ether oxygens (including phenoxy) is 1. The summed E-state index contributed by atoms with van der Waals surface area (Å²) in [6.45, 7) is -1.32. The lowest BCUT2D eigenvalue weighted by Gasteiger charge is -2.50. The van der Waals surface area contributed by atoms with Crippen molar-refractivity contribution in [3.05, 3.63) is 63.9 Å². The van der Waals surface area contributed by atoms with Gasteiger partial charge in [0, 0.05) is 23.6 Å². The molecule has 1 fully saturated rings. The number of alkyl halides is 3. The first-order valence-corrected chi connectivity index (χ1v) is 14.0. The number of halogens is 3. The number of benzene rings is 2. The van der Waals surface area contributed by atoms with E-state index < -0.39 is 76.5 Å². The van der Waals surface area contributed by atoms with Crippen molar-refractivity contribution in [2.45, 2.75) is 37.2 Å². The summed E-state index contributed by atoms with van der Waals surface area (Å²) in [5.41, 5.74) is 3.05. The number of rotatable bonds is 7.